The minimum absolute atomic E-state index is 0.0325. The van der Waals surface area contributed by atoms with Gasteiger partial charge in [-0.15, -0.1) is 0 Å². The first kappa shape index (κ1) is 17.2. The van der Waals surface area contributed by atoms with E-state index in [1.54, 1.807) is 0 Å². The molecule has 0 saturated carbocycles. The average molecular weight is 311 g/mol. The van der Waals surface area contributed by atoms with Crippen molar-refractivity contribution in [3.8, 4) is 0 Å². The first-order valence-corrected chi connectivity index (χ1v) is 8.28. The third-order valence-electron chi connectivity index (χ3n) is 4.16. The maximum absolute atomic E-state index is 12.4. The predicted octanol–water partition coefficient (Wildman–Crippen LogP) is 3.46. The van der Waals surface area contributed by atoms with Crippen LogP contribution in [0.3, 0.4) is 0 Å². The number of amides is 1. The Kier molecular flexibility index (Phi) is 5.94. The molecule has 2 rings (SSSR count). The van der Waals surface area contributed by atoms with Crippen LogP contribution in [0.25, 0.3) is 0 Å². The van der Waals surface area contributed by atoms with E-state index in [0.29, 0.717) is 5.92 Å². The van der Waals surface area contributed by atoms with Gasteiger partial charge in [-0.1, -0.05) is 56.3 Å². The molecule has 2 aromatic rings. The molecule has 2 aromatic carbocycles. The molecule has 0 unspecified atom stereocenters. The fourth-order valence-corrected chi connectivity index (χ4v) is 2.60. The van der Waals surface area contributed by atoms with E-state index in [-0.39, 0.29) is 18.0 Å². The number of benzene rings is 2. The molecule has 3 heteroatoms. The fraction of sp³-hybridized carbons (Fsp3) is 0.350. The minimum Gasteiger partial charge on any atom is -0.330 e. The van der Waals surface area contributed by atoms with Crippen LogP contribution in [0.1, 0.15) is 50.8 Å². The molecule has 0 fully saturated rings. The molecule has 0 saturated heterocycles. The van der Waals surface area contributed by atoms with Crippen LogP contribution in [0.4, 0.5) is 5.69 Å². The highest BCUT2D eigenvalue weighted by molar-refractivity contribution is 5.93. The second-order valence-corrected chi connectivity index (χ2v) is 6.45. The summed E-state index contributed by atoms with van der Waals surface area (Å²) in [6.45, 7) is 8.39. The molecule has 1 amide bonds. The second kappa shape index (κ2) is 7.93. The summed E-state index contributed by atoms with van der Waals surface area (Å²) in [7, 11) is 0. The Labute approximate surface area is 139 Å². The first-order valence-electron chi connectivity index (χ1n) is 8.28. The lowest BCUT2D eigenvalue weighted by Crippen LogP contribution is -2.91. The van der Waals surface area contributed by atoms with Gasteiger partial charge in [0.25, 0.3) is 5.91 Å². The average Bonchev–Trinajstić information content (AvgIpc) is 2.56. The molecule has 2 atom stereocenters. The van der Waals surface area contributed by atoms with Crippen molar-refractivity contribution >= 4 is 11.6 Å². The van der Waals surface area contributed by atoms with E-state index in [1.807, 2.05) is 37.3 Å². The first-order chi connectivity index (χ1) is 11.0. The Balaban J connectivity index is 1.92. The number of carbonyl (C=O) groups is 1. The topological polar surface area (TPSA) is 45.7 Å². The van der Waals surface area contributed by atoms with E-state index in [2.05, 4.69) is 55.7 Å². The van der Waals surface area contributed by atoms with Gasteiger partial charge in [0.15, 0.2) is 6.04 Å². The van der Waals surface area contributed by atoms with Gasteiger partial charge in [-0.25, -0.2) is 0 Å². The molecule has 0 aliphatic heterocycles. The van der Waals surface area contributed by atoms with Gasteiger partial charge >= 0.3 is 0 Å². The van der Waals surface area contributed by atoms with Crippen LogP contribution in [0.15, 0.2) is 54.6 Å². The standard InChI is InChI=1S/C20H26N2O/c1-14(2)17-10-12-19(13-11-17)22-20(23)16(4)21-15(3)18-8-6-5-7-9-18/h5-16,21H,1-4H3,(H,22,23)/p+1/t15-,16+/m1/s1. The summed E-state index contributed by atoms with van der Waals surface area (Å²) in [6, 6.07) is 18.4. The summed E-state index contributed by atoms with van der Waals surface area (Å²) in [5, 5.41) is 5.08. The second-order valence-electron chi connectivity index (χ2n) is 6.45. The normalized spacial score (nSPS) is 13.6. The van der Waals surface area contributed by atoms with Gasteiger partial charge in [0.2, 0.25) is 0 Å². The third-order valence-corrected chi connectivity index (χ3v) is 4.16. The zero-order valence-corrected chi connectivity index (χ0v) is 14.4. The van der Waals surface area contributed by atoms with Crippen molar-refractivity contribution in [2.24, 2.45) is 0 Å². The van der Waals surface area contributed by atoms with Gasteiger partial charge in [-0.05, 0) is 37.5 Å². The Morgan fingerprint density at radius 2 is 1.48 bits per heavy atom. The Hall–Kier alpha value is -2.13. The van der Waals surface area contributed by atoms with Gasteiger partial charge in [0.1, 0.15) is 6.04 Å². The third kappa shape index (κ3) is 4.93. The van der Waals surface area contributed by atoms with Crippen molar-refractivity contribution in [3.05, 3.63) is 65.7 Å². The highest BCUT2D eigenvalue weighted by atomic mass is 16.2. The summed E-state index contributed by atoms with van der Waals surface area (Å²) in [4.78, 5) is 12.4. The van der Waals surface area contributed by atoms with Crippen LogP contribution < -0.4 is 10.6 Å². The van der Waals surface area contributed by atoms with Gasteiger partial charge in [0.05, 0.1) is 0 Å². The SMILES string of the molecule is CC(C)c1ccc(NC(=O)[C@H](C)[NH2+][C@H](C)c2ccccc2)cc1. The van der Waals surface area contributed by atoms with Crippen LogP contribution >= 0.6 is 0 Å². The van der Waals surface area contributed by atoms with Crippen LogP contribution in [-0.4, -0.2) is 11.9 Å². The van der Waals surface area contributed by atoms with Crippen molar-refractivity contribution in [2.75, 3.05) is 5.32 Å². The number of quaternary nitrogens is 1. The van der Waals surface area contributed by atoms with Crippen molar-refractivity contribution in [1.29, 1.82) is 0 Å². The van der Waals surface area contributed by atoms with Gasteiger partial charge in [-0.2, -0.15) is 0 Å². The van der Waals surface area contributed by atoms with E-state index in [0.717, 1.165) is 5.69 Å². The molecule has 3 nitrogen and oxygen atoms in total. The summed E-state index contributed by atoms with van der Waals surface area (Å²) in [6.07, 6.45) is 0. The Morgan fingerprint density at radius 3 is 2.04 bits per heavy atom. The number of hydrogen-bond donors (Lipinski definition) is 2. The largest absolute Gasteiger partial charge is 0.330 e. The molecule has 0 heterocycles. The van der Waals surface area contributed by atoms with Crippen molar-refractivity contribution in [1.82, 2.24) is 0 Å². The zero-order valence-electron chi connectivity index (χ0n) is 14.4. The smallest absolute Gasteiger partial charge is 0.282 e. The summed E-state index contributed by atoms with van der Waals surface area (Å²) < 4.78 is 0. The van der Waals surface area contributed by atoms with Gasteiger partial charge in [0, 0.05) is 11.3 Å². The molecule has 122 valence electrons. The lowest BCUT2D eigenvalue weighted by molar-refractivity contribution is -0.709. The lowest BCUT2D eigenvalue weighted by atomic mass is 10.0. The quantitative estimate of drug-likeness (QED) is 0.843. The number of hydrogen-bond acceptors (Lipinski definition) is 1. The number of rotatable bonds is 6. The predicted molar refractivity (Wildman–Crippen MR) is 95.4 cm³/mol. The van der Waals surface area contributed by atoms with E-state index < -0.39 is 0 Å². The van der Waals surface area contributed by atoms with E-state index in [1.165, 1.54) is 11.1 Å². The minimum atomic E-state index is -0.144. The van der Waals surface area contributed by atoms with E-state index in [9.17, 15) is 4.79 Å². The maximum Gasteiger partial charge on any atom is 0.282 e. The maximum atomic E-state index is 12.4. The van der Waals surface area contributed by atoms with Crippen molar-refractivity contribution in [3.63, 3.8) is 0 Å². The van der Waals surface area contributed by atoms with Crippen LogP contribution in [-0.2, 0) is 4.79 Å². The highest BCUT2D eigenvalue weighted by Gasteiger charge is 2.20. The molecular formula is C20H27N2O+. The van der Waals surface area contributed by atoms with Gasteiger partial charge in [-0.3, -0.25) is 4.79 Å². The lowest BCUT2D eigenvalue weighted by Gasteiger charge is -2.17. The summed E-state index contributed by atoms with van der Waals surface area (Å²) in [5.74, 6) is 0.531. The zero-order chi connectivity index (χ0) is 16.8. The van der Waals surface area contributed by atoms with E-state index in [4.69, 9.17) is 0 Å². The molecule has 3 N–H and O–H groups in total. The number of carbonyl (C=O) groups excluding carboxylic acids is 1. The van der Waals surface area contributed by atoms with Crippen molar-refractivity contribution < 1.29 is 10.1 Å². The molecule has 0 aliphatic rings. The summed E-state index contributed by atoms with van der Waals surface area (Å²) >= 11 is 0. The van der Waals surface area contributed by atoms with Crippen LogP contribution in [0.5, 0.6) is 0 Å². The molecule has 23 heavy (non-hydrogen) atoms. The molecule has 0 radical (unpaired) electrons. The monoisotopic (exact) mass is 311 g/mol. The van der Waals surface area contributed by atoms with E-state index >= 15 is 0 Å². The fourth-order valence-electron chi connectivity index (χ4n) is 2.60. The molecule has 0 aliphatic carbocycles. The van der Waals surface area contributed by atoms with Gasteiger partial charge < -0.3 is 10.6 Å². The van der Waals surface area contributed by atoms with Crippen LogP contribution in [0, 0.1) is 0 Å². The molecular weight excluding hydrogens is 284 g/mol. The number of anilines is 1. The molecule has 0 aromatic heterocycles. The Bertz CT molecular complexity index is 620. The van der Waals surface area contributed by atoms with Crippen LogP contribution in [0.2, 0.25) is 0 Å². The highest BCUT2D eigenvalue weighted by Crippen LogP contribution is 2.17. The number of nitrogens with two attached hydrogens (primary N) is 1. The Morgan fingerprint density at radius 1 is 0.870 bits per heavy atom. The number of nitrogens with one attached hydrogen (secondary N) is 1. The summed E-state index contributed by atoms with van der Waals surface area (Å²) in [5.41, 5.74) is 3.36. The molecule has 0 spiro atoms. The molecule has 0 bridgehead atoms. The van der Waals surface area contributed by atoms with Crippen molar-refractivity contribution in [2.45, 2.75) is 45.7 Å².